The lowest BCUT2D eigenvalue weighted by Gasteiger charge is -2.18. The second kappa shape index (κ2) is 8.82. The minimum absolute atomic E-state index is 0.838. The molecule has 0 amide bonds. The Balaban J connectivity index is 1.26. The molecule has 0 aliphatic carbocycles. The second-order valence-corrected chi connectivity index (χ2v) is 11.6. The van der Waals surface area contributed by atoms with Crippen LogP contribution < -0.4 is 0 Å². The third-order valence-corrected chi connectivity index (χ3v) is 9.25. The van der Waals surface area contributed by atoms with Gasteiger partial charge in [0.2, 0.25) is 0 Å². The molecule has 44 heavy (non-hydrogen) atoms. The van der Waals surface area contributed by atoms with E-state index in [1.54, 1.807) is 0 Å². The SMILES string of the molecule is c1ccc2c(-c3c4ccccc4c(-c4ccc5c(c4)oc4cc6oc7ccccc7c6cc45)c4ccccc34)cccc2c1. The first-order valence-electron chi connectivity index (χ1n) is 15.0. The van der Waals surface area contributed by atoms with Crippen molar-refractivity contribution >= 4 is 76.2 Å². The lowest BCUT2D eigenvalue weighted by atomic mass is 9.84. The molecule has 0 fully saturated rings. The summed E-state index contributed by atoms with van der Waals surface area (Å²) in [7, 11) is 0. The molecule has 0 saturated carbocycles. The first-order chi connectivity index (χ1) is 21.8. The molecular formula is C42H24O2. The maximum Gasteiger partial charge on any atom is 0.139 e. The zero-order chi connectivity index (χ0) is 28.8. The van der Waals surface area contributed by atoms with Crippen molar-refractivity contribution in [1.29, 1.82) is 0 Å². The Labute approximate surface area is 252 Å². The van der Waals surface area contributed by atoms with E-state index in [1.165, 1.54) is 49.0 Å². The van der Waals surface area contributed by atoms with E-state index in [9.17, 15) is 0 Å². The fraction of sp³-hybridized carbons (Fsp3) is 0. The average Bonchev–Trinajstić information content (AvgIpc) is 3.62. The summed E-state index contributed by atoms with van der Waals surface area (Å²) in [5.41, 5.74) is 8.35. The van der Waals surface area contributed by atoms with Crippen LogP contribution in [0.25, 0.3) is 98.4 Å². The van der Waals surface area contributed by atoms with Gasteiger partial charge in [0.25, 0.3) is 0 Å². The van der Waals surface area contributed by atoms with E-state index in [1.807, 2.05) is 18.2 Å². The summed E-state index contributed by atoms with van der Waals surface area (Å²) in [5.74, 6) is 0. The van der Waals surface area contributed by atoms with Gasteiger partial charge in [0, 0.05) is 27.6 Å². The molecule has 2 nitrogen and oxygen atoms in total. The molecule has 2 heteroatoms. The summed E-state index contributed by atoms with van der Waals surface area (Å²) in [4.78, 5) is 0. The van der Waals surface area contributed by atoms with Crippen molar-refractivity contribution in [3.05, 3.63) is 146 Å². The fourth-order valence-corrected chi connectivity index (χ4v) is 7.32. The predicted octanol–water partition coefficient (Wildman–Crippen LogP) is 12.3. The van der Waals surface area contributed by atoms with Crippen molar-refractivity contribution in [2.24, 2.45) is 0 Å². The highest BCUT2D eigenvalue weighted by molar-refractivity contribution is 6.24. The standard InChI is InChI=1S/C42H24O2/c1-2-12-27-25(10-1)11-9-18-30(27)42-33-16-5-3-14-31(33)41(32-15-4-6-17-34(32)42)26-20-21-29-36-23-35-28-13-7-8-19-37(28)43-39(35)24-40(36)44-38(29)22-26/h1-24H. The van der Waals surface area contributed by atoms with Gasteiger partial charge in [-0.25, -0.2) is 0 Å². The summed E-state index contributed by atoms with van der Waals surface area (Å²) in [6.45, 7) is 0. The van der Waals surface area contributed by atoms with E-state index >= 15 is 0 Å². The van der Waals surface area contributed by atoms with E-state index in [0.29, 0.717) is 0 Å². The van der Waals surface area contributed by atoms with E-state index in [4.69, 9.17) is 8.83 Å². The lowest BCUT2D eigenvalue weighted by Crippen LogP contribution is -1.91. The summed E-state index contributed by atoms with van der Waals surface area (Å²) in [6, 6.07) is 52.1. The molecule has 10 aromatic rings. The summed E-state index contributed by atoms with van der Waals surface area (Å²) in [5, 5.41) is 11.9. The van der Waals surface area contributed by atoms with Crippen LogP contribution in [0.4, 0.5) is 0 Å². The highest BCUT2D eigenvalue weighted by Gasteiger charge is 2.19. The zero-order valence-corrected chi connectivity index (χ0v) is 23.7. The predicted molar refractivity (Wildman–Crippen MR) is 184 cm³/mol. The van der Waals surface area contributed by atoms with Gasteiger partial charge in [-0.2, -0.15) is 0 Å². The summed E-state index contributed by atoms with van der Waals surface area (Å²) < 4.78 is 12.7. The number of furan rings is 2. The van der Waals surface area contributed by atoms with Gasteiger partial charge in [-0.3, -0.25) is 0 Å². The molecule has 2 heterocycles. The maximum atomic E-state index is 6.52. The largest absolute Gasteiger partial charge is 0.456 e. The van der Waals surface area contributed by atoms with Gasteiger partial charge in [0.15, 0.2) is 0 Å². The fourth-order valence-electron chi connectivity index (χ4n) is 7.32. The molecule has 0 radical (unpaired) electrons. The Hall–Kier alpha value is -5.86. The Morgan fingerprint density at radius 2 is 0.818 bits per heavy atom. The Morgan fingerprint density at radius 1 is 0.295 bits per heavy atom. The van der Waals surface area contributed by atoms with Crippen LogP contribution in [-0.4, -0.2) is 0 Å². The molecule has 10 rings (SSSR count). The molecule has 0 unspecified atom stereocenters. The molecule has 0 aliphatic heterocycles. The molecule has 0 N–H and O–H groups in total. The van der Waals surface area contributed by atoms with E-state index in [-0.39, 0.29) is 0 Å². The van der Waals surface area contributed by atoms with Crippen molar-refractivity contribution < 1.29 is 8.83 Å². The van der Waals surface area contributed by atoms with Crippen LogP contribution in [0, 0.1) is 0 Å². The third kappa shape index (κ3) is 3.25. The van der Waals surface area contributed by atoms with Crippen LogP contribution in [-0.2, 0) is 0 Å². The second-order valence-electron chi connectivity index (χ2n) is 11.6. The van der Waals surface area contributed by atoms with Gasteiger partial charge in [-0.1, -0.05) is 115 Å². The first kappa shape index (κ1) is 23.7. The van der Waals surface area contributed by atoms with Gasteiger partial charge >= 0.3 is 0 Å². The van der Waals surface area contributed by atoms with Gasteiger partial charge in [0.05, 0.1) is 0 Å². The monoisotopic (exact) mass is 560 g/mol. The van der Waals surface area contributed by atoms with Crippen LogP contribution in [0.5, 0.6) is 0 Å². The molecule has 0 atom stereocenters. The minimum atomic E-state index is 0.838. The average molecular weight is 561 g/mol. The summed E-state index contributed by atoms with van der Waals surface area (Å²) >= 11 is 0. The third-order valence-electron chi connectivity index (χ3n) is 9.25. The number of benzene rings is 8. The van der Waals surface area contributed by atoms with Crippen molar-refractivity contribution in [1.82, 2.24) is 0 Å². The smallest absolute Gasteiger partial charge is 0.139 e. The topological polar surface area (TPSA) is 26.3 Å². The Kier molecular flexibility index (Phi) is 4.75. The molecule has 0 bridgehead atoms. The molecule has 0 spiro atoms. The van der Waals surface area contributed by atoms with Crippen molar-refractivity contribution in [2.75, 3.05) is 0 Å². The highest BCUT2D eigenvalue weighted by Crippen LogP contribution is 2.46. The van der Waals surface area contributed by atoms with Gasteiger partial charge in [0.1, 0.15) is 22.3 Å². The molecular weight excluding hydrogens is 536 g/mol. The van der Waals surface area contributed by atoms with E-state index < -0.39 is 0 Å². The number of para-hydroxylation sites is 1. The normalized spacial score (nSPS) is 12.1. The molecule has 0 saturated heterocycles. The lowest BCUT2D eigenvalue weighted by molar-refractivity contribution is 0.656. The summed E-state index contributed by atoms with van der Waals surface area (Å²) in [6.07, 6.45) is 0. The Bertz CT molecular complexity index is 2710. The van der Waals surface area contributed by atoms with Crippen molar-refractivity contribution in [3.63, 3.8) is 0 Å². The molecule has 0 aliphatic rings. The number of fused-ring (bicyclic) bond motifs is 9. The number of rotatable bonds is 2. The van der Waals surface area contributed by atoms with Gasteiger partial charge < -0.3 is 8.83 Å². The quantitative estimate of drug-likeness (QED) is 0.197. The van der Waals surface area contributed by atoms with E-state index in [0.717, 1.165) is 49.4 Å². The number of hydrogen-bond donors (Lipinski definition) is 0. The van der Waals surface area contributed by atoms with Crippen LogP contribution in [0.2, 0.25) is 0 Å². The van der Waals surface area contributed by atoms with Crippen LogP contribution >= 0.6 is 0 Å². The van der Waals surface area contributed by atoms with Crippen LogP contribution in [0.15, 0.2) is 154 Å². The maximum absolute atomic E-state index is 6.52. The first-order valence-corrected chi connectivity index (χ1v) is 15.0. The minimum Gasteiger partial charge on any atom is -0.456 e. The van der Waals surface area contributed by atoms with E-state index in [2.05, 4.69) is 127 Å². The van der Waals surface area contributed by atoms with Crippen molar-refractivity contribution in [3.8, 4) is 22.3 Å². The van der Waals surface area contributed by atoms with Crippen LogP contribution in [0.1, 0.15) is 0 Å². The Morgan fingerprint density at radius 3 is 1.55 bits per heavy atom. The van der Waals surface area contributed by atoms with Crippen LogP contribution in [0.3, 0.4) is 0 Å². The van der Waals surface area contributed by atoms with Gasteiger partial charge in [-0.05, 0) is 78.8 Å². The zero-order valence-electron chi connectivity index (χ0n) is 23.7. The molecule has 2 aromatic heterocycles. The molecule has 8 aromatic carbocycles. The number of hydrogen-bond acceptors (Lipinski definition) is 2. The van der Waals surface area contributed by atoms with Gasteiger partial charge in [-0.15, -0.1) is 0 Å². The van der Waals surface area contributed by atoms with Crippen molar-refractivity contribution in [2.45, 2.75) is 0 Å². The molecule has 204 valence electrons. The highest BCUT2D eigenvalue weighted by atomic mass is 16.3.